The average Bonchev–Trinajstić information content (AvgIpc) is 3.03. The lowest BCUT2D eigenvalue weighted by atomic mass is 9.64. The highest BCUT2D eigenvalue weighted by Crippen LogP contribution is 2.46. The van der Waals surface area contributed by atoms with Crippen molar-refractivity contribution in [1.82, 2.24) is 9.80 Å². The minimum Gasteiger partial charge on any atom is -0.462 e. The van der Waals surface area contributed by atoms with Crippen molar-refractivity contribution in [2.45, 2.75) is 113 Å². The van der Waals surface area contributed by atoms with Crippen LogP contribution < -0.4 is 0 Å². The molecule has 0 bridgehead atoms. The molecule has 0 aliphatic heterocycles. The summed E-state index contributed by atoms with van der Waals surface area (Å²) in [7, 11) is 6.82. The number of ether oxygens (including phenoxy) is 4. The van der Waals surface area contributed by atoms with E-state index in [1.54, 1.807) is 33.1 Å². The molecule has 0 radical (unpaired) electrons. The summed E-state index contributed by atoms with van der Waals surface area (Å²) in [6.45, 7) is 27.1. The minimum atomic E-state index is -0.763. The quantitative estimate of drug-likeness (QED) is 0.0341. The summed E-state index contributed by atoms with van der Waals surface area (Å²) in [5.41, 5.74) is -1.46. The standard InChI is InChI=1S/C42H71BrN2O10/c1-27(2)35(48)52-21-23-54-37(50)29(40(8,9)25-31(39(5,6)7)33(46)44(14)15)19-18-20-30(38(51)55-24-22-53-36(49)28(3)4)41(10,11)26-32(42(12,13)43)34(47)45(16)17/h29-32H,1,3,18-26H2,2,4-17H3. The van der Waals surface area contributed by atoms with E-state index in [0.717, 1.165) is 0 Å². The van der Waals surface area contributed by atoms with Gasteiger partial charge in [-0.2, -0.15) is 0 Å². The van der Waals surface area contributed by atoms with E-state index in [9.17, 15) is 28.8 Å². The van der Waals surface area contributed by atoms with Crippen LogP contribution in [-0.2, 0) is 47.7 Å². The lowest BCUT2D eigenvalue weighted by molar-refractivity contribution is -0.160. The van der Waals surface area contributed by atoms with Gasteiger partial charge in [0.2, 0.25) is 11.8 Å². The predicted molar refractivity (Wildman–Crippen MR) is 218 cm³/mol. The summed E-state index contributed by atoms with van der Waals surface area (Å²) in [6, 6.07) is 0. The molecule has 12 nitrogen and oxygen atoms in total. The molecule has 0 N–H and O–H groups in total. The van der Waals surface area contributed by atoms with Crippen molar-refractivity contribution in [3.8, 4) is 0 Å². The van der Waals surface area contributed by atoms with Crippen molar-refractivity contribution in [2.75, 3.05) is 54.6 Å². The van der Waals surface area contributed by atoms with Gasteiger partial charge >= 0.3 is 23.9 Å². The molecule has 0 fully saturated rings. The zero-order valence-electron chi connectivity index (χ0n) is 36.4. The number of rotatable bonds is 23. The molecule has 2 amide bonds. The zero-order chi connectivity index (χ0) is 43.3. The van der Waals surface area contributed by atoms with E-state index in [-0.39, 0.29) is 49.4 Å². The van der Waals surface area contributed by atoms with Crippen molar-refractivity contribution >= 4 is 51.6 Å². The van der Waals surface area contributed by atoms with E-state index < -0.39 is 68.1 Å². The van der Waals surface area contributed by atoms with Gasteiger partial charge in [-0.05, 0) is 69.6 Å². The summed E-state index contributed by atoms with van der Waals surface area (Å²) in [4.78, 5) is 81.6. The second-order valence-corrected chi connectivity index (χ2v) is 20.1. The van der Waals surface area contributed by atoms with Crippen LogP contribution in [0.5, 0.6) is 0 Å². The van der Waals surface area contributed by atoms with Crippen molar-refractivity contribution in [3.05, 3.63) is 24.3 Å². The summed E-state index contributed by atoms with van der Waals surface area (Å²) < 4.78 is 21.0. The van der Waals surface area contributed by atoms with Gasteiger partial charge in [-0.15, -0.1) is 0 Å². The van der Waals surface area contributed by atoms with Crippen LogP contribution >= 0.6 is 15.9 Å². The molecule has 0 saturated carbocycles. The Morgan fingerprint density at radius 3 is 1.15 bits per heavy atom. The Labute approximate surface area is 339 Å². The number of carbonyl (C=O) groups excluding carboxylic acids is 6. The molecule has 0 heterocycles. The van der Waals surface area contributed by atoms with Crippen LogP contribution in [0.2, 0.25) is 0 Å². The maximum absolute atomic E-state index is 13.9. The Hall–Kier alpha value is -3.22. The number of carbonyl (C=O) groups is 6. The first-order chi connectivity index (χ1) is 24.9. The number of alkyl halides is 1. The highest BCUT2D eigenvalue weighted by atomic mass is 79.9. The molecular formula is C42H71BrN2O10. The van der Waals surface area contributed by atoms with Gasteiger partial charge in [0.15, 0.2) is 0 Å². The van der Waals surface area contributed by atoms with Crippen LogP contribution in [-0.4, -0.2) is 104 Å². The first-order valence-electron chi connectivity index (χ1n) is 19.0. The fourth-order valence-electron chi connectivity index (χ4n) is 6.53. The molecule has 0 spiro atoms. The van der Waals surface area contributed by atoms with E-state index in [1.165, 1.54) is 18.7 Å². The number of amides is 2. The van der Waals surface area contributed by atoms with Crippen molar-refractivity contribution < 1.29 is 47.7 Å². The largest absolute Gasteiger partial charge is 0.462 e. The van der Waals surface area contributed by atoms with E-state index in [4.69, 9.17) is 18.9 Å². The molecule has 0 aromatic rings. The first kappa shape index (κ1) is 51.8. The van der Waals surface area contributed by atoms with E-state index in [0.29, 0.717) is 32.1 Å². The highest BCUT2D eigenvalue weighted by molar-refractivity contribution is 9.10. The smallest absolute Gasteiger partial charge is 0.333 e. The normalized spacial score (nSPS) is 14.4. The number of nitrogens with zero attached hydrogens (tertiary/aromatic N) is 2. The second kappa shape index (κ2) is 21.9. The fraction of sp³-hybridized carbons (Fsp3) is 0.762. The van der Waals surface area contributed by atoms with Crippen molar-refractivity contribution in [1.29, 1.82) is 0 Å². The first-order valence-corrected chi connectivity index (χ1v) is 19.8. The predicted octanol–water partition coefficient (Wildman–Crippen LogP) is 7.18. The van der Waals surface area contributed by atoms with Gasteiger partial charge in [0.25, 0.3) is 0 Å². The molecule has 4 unspecified atom stereocenters. The zero-order valence-corrected chi connectivity index (χ0v) is 38.0. The highest BCUT2D eigenvalue weighted by Gasteiger charge is 2.46. The van der Waals surface area contributed by atoms with Crippen LogP contribution in [0.3, 0.4) is 0 Å². The molecule has 4 atom stereocenters. The average molecular weight is 844 g/mol. The number of esters is 4. The summed E-state index contributed by atoms with van der Waals surface area (Å²) in [6.07, 6.45) is 1.73. The van der Waals surface area contributed by atoms with Gasteiger partial charge < -0.3 is 28.7 Å². The van der Waals surface area contributed by atoms with Gasteiger partial charge in [-0.3, -0.25) is 19.2 Å². The fourth-order valence-corrected chi connectivity index (χ4v) is 6.89. The Morgan fingerprint density at radius 1 is 0.545 bits per heavy atom. The van der Waals surface area contributed by atoms with Crippen LogP contribution in [0.25, 0.3) is 0 Å². The molecular weight excluding hydrogens is 772 g/mol. The number of halogens is 1. The second-order valence-electron chi connectivity index (χ2n) is 18.1. The van der Waals surface area contributed by atoms with Gasteiger partial charge in [-0.1, -0.05) is 84.0 Å². The summed E-state index contributed by atoms with van der Waals surface area (Å²) in [5.74, 6) is -4.65. The molecule has 0 aromatic heterocycles. The molecule has 0 aliphatic rings. The van der Waals surface area contributed by atoms with Crippen molar-refractivity contribution in [2.24, 2.45) is 39.9 Å². The molecule has 0 aliphatic carbocycles. The molecule has 0 aromatic carbocycles. The van der Waals surface area contributed by atoms with Crippen LogP contribution in [0.15, 0.2) is 24.3 Å². The summed E-state index contributed by atoms with van der Waals surface area (Å²) >= 11 is 3.70. The Morgan fingerprint density at radius 2 is 0.855 bits per heavy atom. The van der Waals surface area contributed by atoms with Gasteiger partial charge in [-0.25, -0.2) is 9.59 Å². The van der Waals surface area contributed by atoms with Crippen molar-refractivity contribution in [3.63, 3.8) is 0 Å². The molecule has 0 rings (SSSR count). The third kappa shape index (κ3) is 17.6. The van der Waals surface area contributed by atoms with E-state index in [1.807, 2.05) is 62.3 Å². The SMILES string of the molecule is C=C(C)C(=O)OCCOC(=O)C(CCCC(C(=O)OCCOC(=O)C(=C)C)C(C)(C)CC(C(=O)N(C)C)C(C)(C)Br)C(C)(C)CC(C(=O)N(C)C)C(C)(C)C. The van der Waals surface area contributed by atoms with E-state index in [2.05, 4.69) is 29.1 Å². The third-order valence-electron chi connectivity index (χ3n) is 10.1. The third-order valence-corrected chi connectivity index (χ3v) is 10.6. The van der Waals surface area contributed by atoms with Crippen LogP contribution in [0.4, 0.5) is 0 Å². The topological polar surface area (TPSA) is 146 Å². The number of hydrogen-bond acceptors (Lipinski definition) is 10. The lowest BCUT2D eigenvalue weighted by Gasteiger charge is -2.41. The Bertz CT molecular complexity index is 1270. The van der Waals surface area contributed by atoms with Gasteiger partial charge in [0, 0.05) is 49.6 Å². The maximum Gasteiger partial charge on any atom is 0.333 e. The van der Waals surface area contributed by atoms with Crippen LogP contribution in [0, 0.1) is 39.9 Å². The molecule has 0 saturated heterocycles. The van der Waals surface area contributed by atoms with Gasteiger partial charge in [0.05, 0.1) is 17.8 Å². The van der Waals surface area contributed by atoms with Gasteiger partial charge in [0.1, 0.15) is 26.4 Å². The summed E-state index contributed by atoms with van der Waals surface area (Å²) in [5, 5.41) is 0. The monoisotopic (exact) mass is 842 g/mol. The molecule has 316 valence electrons. The maximum atomic E-state index is 13.9. The number of hydrogen-bond donors (Lipinski definition) is 0. The minimum absolute atomic E-state index is 0.0468. The lowest BCUT2D eigenvalue weighted by Crippen LogP contribution is -2.44. The molecule has 55 heavy (non-hydrogen) atoms. The molecule has 13 heteroatoms. The van der Waals surface area contributed by atoms with E-state index >= 15 is 0 Å². The van der Waals surface area contributed by atoms with Crippen LogP contribution in [0.1, 0.15) is 108 Å². The Balaban J connectivity index is 6.69. The Kier molecular flexibility index (Phi) is 20.6.